The summed E-state index contributed by atoms with van der Waals surface area (Å²) < 4.78 is 24.9. The molecule has 2 aromatic carbocycles. The van der Waals surface area contributed by atoms with Gasteiger partial charge in [0.2, 0.25) is 0 Å². The summed E-state index contributed by atoms with van der Waals surface area (Å²) in [4.78, 5) is 16.7. The number of methoxy groups -OCH3 is 1. The Morgan fingerprint density at radius 3 is 2.77 bits per heavy atom. The van der Waals surface area contributed by atoms with Crippen LogP contribution in [0.2, 0.25) is 0 Å². The van der Waals surface area contributed by atoms with E-state index in [-0.39, 0.29) is 12.3 Å². The van der Waals surface area contributed by atoms with Gasteiger partial charge in [-0.3, -0.25) is 4.79 Å². The number of halogens is 2. The van der Waals surface area contributed by atoms with Crippen molar-refractivity contribution >= 4 is 33.7 Å². The number of hydrogen-bond donors (Lipinski definition) is 1. The summed E-state index contributed by atoms with van der Waals surface area (Å²) in [7, 11) is 1.54. The molecule has 0 radical (unpaired) electrons. The van der Waals surface area contributed by atoms with Crippen LogP contribution < -0.4 is 14.8 Å². The fraction of sp³-hybridized carbons (Fsp3) is 0.222. The van der Waals surface area contributed by atoms with Crippen LogP contribution in [-0.4, -0.2) is 32.4 Å². The highest BCUT2D eigenvalue weighted by Gasteiger charge is 2.08. The molecule has 0 bridgehead atoms. The first-order valence-electron chi connectivity index (χ1n) is 7.74. The van der Waals surface area contributed by atoms with Gasteiger partial charge in [0.15, 0.2) is 18.1 Å². The van der Waals surface area contributed by atoms with Crippen molar-refractivity contribution in [2.24, 2.45) is 5.16 Å². The minimum Gasteiger partial charge on any atom is -0.493 e. The van der Waals surface area contributed by atoms with E-state index < -0.39 is 11.7 Å². The van der Waals surface area contributed by atoms with Gasteiger partial charge in [0.05, 0.1) is 25.6 Å². The number of oxime groups is 1. The van der Waals surface area contributed by atoms with E-state index >= 15 is 0 Å². The third-order valence-electron chi connectivity index (χ3n) is 3.16. The maximum absolute atomic E-state index is 13.6. The normalized spacial score (nSPS) is 10.6. The molecule has 0 heterocycles. The van der Waals surface area contributed by atoms with E-state index in [2.05, 4.69) is 26.4 Å². The lowest BCUT2D eigenvalue weighted by Crippen LogP contribution is -2.17. The minimum atomic E-state index is -0.544. The average Bonchev–Trinajstić information content (AvgIpc) is 2.62. The second kappa shape index (κ2) is 9.76. The zero-order valence-corrected chi connectivity index (χ0v) is 15.9. The van der Waals surface area contributed by atoms with Gasteiger partial charge in [-0.1, -0.05) is 21.1 Å². The Bertz CT molecular complexity index is 799. The lowest BCUT2D eigenvalue weighted by molar-refractivity contribution is -0.120. The van der Waals surface area contributed by atoms with Gasteiger partial charge in [-0.15, -0.1) is 0 Å². The second-order valence-corrected chi connectivity index (χ2v) is 5.94. The SMILES string of the molecule is CCOc1ccc(/C=N/OCC(=O)Nc2ccc(Br)cc2F)cc1OC. The number of anilines is 1. The first-order chi connectivity index (χ1) is 12.5. The third-order valence-corrected chi connectivity index (χ3v) is 3.66. The Labute approximate surface area is 159 Å². The summed E-state index contributed by atoms with van der Waals surface area (Å²) in [5, 5.41) is 6.13. The number of ether oxygens (including phenoxy) is 2. The van der Waals surface area contributed by atoms with E-state index in [1.165, 1.54) is 18.3 Å². The molecule has 2 rings (SSSR count). The molecule has 0 aliphatic rings. The van der Waals surface area contributed by atoms with Gasteiger partial charge in [-0.25, -0.2) is 4.39 Å². The van der Waals surface area contributed by atoms with Crippen molar-refractivity contribution in [3.8, 4) is 11.5 Å². The molecule has 1 N–H and O–H groups in total. The van der Waals surface area contributed by atoms with Gasteiger partial charge in [0.1, 0.15) is 5.82 Å². The summed E-state index contributed by atoms with van der Waals surface area (Å²) in [6, 6.07) is 9.59. The molecule has 0 fully saturated rings. The molecule has 0 saturated heterocycles. The van der Waals surface area contributed by atoms with E-state index in [1.807, 2.05) is 6.92 Å². The van der Waals surface area contributed by atoms with Crippen LogP contribution >= 0.6 is 15.9 Å². The Morgan fingerprint density at radius 1 is 1.27 bits per heavy atom. The van der Waals surface area contributed by atoms with Gasteiger partial charge < -0.3 is 19.6 Å². The molecule has 26 heavy (non-hydrogen) atoms. The maximum atomic E-state index is 13.6. The van der Waals surface area contributed by atoms with Crippen LogP contribution in [0.4, 0.5) is 10.1 Å². The van der Waals surface area contributed by atoms with Gasteiger partial charge in [0, 0.05) is 10.0 Å². The standard InChI is InChI=1S/C18H18BrFN2O4/c1-3-25-16-7-4-12(8-17(16)24-2)10-21-26-11-18(23)22-15-6-5-13(19)9-14(15)20/h4-10H,3,11H2,1-2H3,(H,22,23)/b21-10+. The van der Waals surface area contributed by atoms with Crippen LogP contribution in [0.15, 0.2) is 46.0 Å². The summed E-state index contributed by atoms with van der Waals surface area (Å²) in [5.41, 5.74) is 0.784. The molecule has 1 amide bonds. The average molecular weight is 425 g/mol. The van der Waals surface area contributed by atoms with Gasteiger partial charge in [-0.2, -0.15) is 0 Å². The highest BCUT2D eigenvalue weighted by Crippen LogP contribution is 2.27. The van der Waals surface area contributed by atoms with Crippen LogP contribution in [0.3, 0.4) is 0 Å². The molecule has 0 unspecified atom stereocenters. The van der Waals surface area contributed by atoms with Gasteiger partial charge >= 0.3 is 0 Å². The van der Waals surface area contributed by atoms with E-state index in [1.54, 1.807) is 31.4 Å². The van der Waals surface area contributed by atoms with Crippen LogP contribution in [0.25, 0.3) is 0 Å². The predicted molar refractivity (Wildman–Crippen MR) is 100 cm³/mol. The number of carbonyl (C=O) groups is 1. The third kappa shape index (κ3) is 5.73. The number of hydrogen-bond acceptors (Lipinski definition) is 5. The molecular formula is C18H18BrFN2O4. The van der Waals surface area contributed by atoms with Crippen molar-refractivity contribution < 1.29 is 23.5 Å². The van der Waals surface area contributed by atoms with Crippen molar-refractivity contribution in [1.82, 2.24) is 0 Å². The number of carbonyl (C=O) groups excluding carboxylic acids is 1. The predicted octanol–water partition coefficient (Wildman–Crippen LogP) is 3.98. The second-order valence-electron chi connectivity index (χ2n) is 5.02. The highest BCUT2D eigenvalue weighted by molar-refractivity contribution is 9.10. The molecule has 0 aliphatic heterocycles. The highest BCUT2D eigenvalue weighted by atomic mass is 79.9. The number of nitrogens with one attached hydrogen (secondary N) is 1. The van der Waals surface area contributed by atoms with Crippen LogP contribution in [-0.2, 0) is 9.63 Å². The fourth-order valence-electron chi connectivity index (χ4n) is 2.01. The first kappa shape index (κ1) is 19.7. The number of amides is 1. The smallest absolute Gasteiger partial charge is 0.265 e. The summed E-state index contributed by atoms with van der Waals surface area (Å²) in [5.74, 6) is 0.133. The lowest BCUT2D eigenvalue weighted by atomic mass is 10.2. The Kier molecular flexibility index (Phi) is 7.40. The van der Waals surface area contributed by atoms with Crippen molar-refractivity contribution in [2.75, 3.05) is 25.6 Å². The van der Waals surface area contributed by atoms with E-state index in [9.17, 15) is 9.18 Å². The number of rotatable bonds is 8. The van der Waals surface area contributed by atoms with E-state index in [4.69, 9.17) is 14.3 Å². The molecule has 6 nitrogen and oxygen atoms in total. The van der Waals surface area contributed by atoms with E-state index in [0.29, 0.717) is 28.1 Å². The number of benzene rings is 2. The lowest BCUT2D eigenvalue weighted by Gasteiger charge is -2.09. The number of nitrogens with zero attached hydrogens (tertiary/aromatic N) is 1. The topological polar surface area (TPSA) is 69.2 Å². The van der Waals surface area contributed by atoms with Crippen LogP contribution in [0, 0.1) is 5.82 Å². The van der Waals surface area contributed by atoms with Crippen molar-refractivity contribution in [3.05, 3.63) is 52.3 Å². The monoisotopic (exact) mass is 424 g/mol. The van der Waals surface area contributed by atoms with Crippen LogP contribution in [0.1, 0.15) is 12.5 Å². The molecule has 0 aromatic heterocycles. The molecule has 0 spiro atoms. The maximum Gasteiger partial charge on any atom is 0.265 e. The Hall–Kier alpha value is -2.61. The largest absolute Gasteiger partial charge is 0.493 e. The Balaban J connectivity index is 1.87. The molecule has 138 valence electrons. The summed E-state index contributed by atoms with van der Waals surface area (Å²) in [6.45, 7) is 2.06. The Morgan fingerprint density at radius 2 is 2.08 bits per heavy atom. The summed E-state index contributed by atoms with van der Waals surface area (Å²) >= 11 is 3.15. The van der Waals surface area contributed by atoms with Crippen molar-refractivity contribution in [1.29, 1.82) is 0 Å². The van der Waals surface area contributed by atoms with Crippen molar-refractivity contribution in [2.45, 2.75) is 6.92 Å². The van der Waals surface area contributed by atoms with E-state index in [0.717, 1.165) is 0 Å². The summed E-state index contributed by atoms with van der Waals surface area (Å²) in [6.07, 6.45) is 1.44. The molecule has 2 aromatic rings. The van der Waals surface area contributed by atoms with Gasteiger partial charge in [0.25, 0.3) is 5.91 Å². The molecule has 0 atom stereocenters. The molecule has 8 heteroatoms. The zero-order valence-electron chi connectivity index (χ0n) is 14.3. The quantitative estimate of drug-likeness (QED) is 0.513. The molecular weight excluding hydrogens is 407 g/mol. The fourth-order valence-corrected chi connectivity index (χ4v) is 2.34. The van der Waals surface area contributed by atoms with Crippen molar-refractivity contribution in [3.63, 3.8) is 0 Å². The van der Waals surface area contributed by atoms with Gasteiger partial charge in [-0.05, 0) is 43.3 Å². The van der Waals surface area contributed by atoms with Crippen LogP contribution in [0.5, 0.6) is 11.5 Å². The minimum absolute atomic E-state index is 0.0713. The molecule has 0 saturated carbocycles. The first-order valence-corrected chi connectivity index (χ1v) is 8.54. The molecule has 0 aliphatic carbocycles. The zero-order chi connectivity index (χ0) is 18.9.